The molecule has 0 unspecified atom stereocenters. The van der Waals surface area contributed by atoms with Gasteiger partial charge in [0.15, 0.2) is 5.76 Å². The highest BCUT2D eigenvalue weighted by Gasteiger charge is 2.35. The molecule has 1 aromatic rings. The molecular weight excluding hydrogens is 342 g/mol. The van der Waals surface area contributed by atoms with Gasteiger partial charge in [-0.05, 0) is 41.4 Å². The predicted molar refractivity (Wildman–Crippen MR) is 103 cm³/mol. The largest absolute Gasteiger partial charge is 0.459 e. The number of aliphatic hydroxyl groups is 1. The van der Waals surface area contributed by atoms with Crippen LogP contribution >= 0.6 is 0 Å². The zero-order chi connectivity index (χ0) is 19.4. The van der Waals surface area contributed by atoms with Crippen molar-refractivity contribution in [1.29, 1.82) is 0 Å². The molecular formula is C22H31NO4. The molecule has 0 bridgehead atoms. The number of aliphatic hydroxyl groups excluding tert-OH is 1. The summed E-state index contributed by atoms with van der Waals surface area (Å²) in [7, 11) is 0. The number of nitrogens with zero attached hydrogens (tertiary/aromatic N) is 1. The van der Waals surface area contributed by atoms with Crippen LogP contribution in [0.25, 0.3) is 0 Å². The minimum absolute atomic E-state index is 0.0117. The summed E-state index contributed by atoms with van der Waals surface area (Å²) in [6, 6.07) is 7.67. The van der Waals surface area contributed by atoms with Crippen LogP contribution in [0.15, 0.2) is 36.1 Å². The van der Waals surface area contributed by atoms with E-state index in [0.717, 1.165) is 43.5 Å². The Morgan fingerprint density at radius 2 is 1.81 bits per heavy atom. The van der Waals surface area contributed by atoms with Gasteiger partial charge in [0, 0.05) is 19.5 Å². The fourth-order valence-corrected chi connectivity index (χ4v) is 3.52. The molecule has 0 aromatic heterocycles. The topological polar surface area (TPSA) is 59.0 Å². The van der Waals surface area contributed by atoms with Gasteiger partial charge < -0.3 is 19.5 Å². The third-order valence-electron chi connectivity index (χ3n) is 5.42. The Labute approximate surface area is 162 Å². The Morgan fingerprint density at radius 3 is 2.41 bits per heavy atom. The lowest BCUT2D eigenvalue weighted by molar-refractivity contribution is -0.161. The van der Waals surface area contributed by atoms with E-state index in [1.807, 2.05) is 35.2 Å². The Kier molecular flexibility index (Phi) is 6.22. The molecule has 148 valence electrons. The number of hydrogen-bond donors (Lipinski definition) is 1. The van der Waals surface area contributed by atoms with Crippen LogP contribution in [0.2, 0.25) is 0 Å². The summed E-state index contributed by atoms with van der Waals surface area (Å²) >= 11 is 0. The molecule has 2 heterocycles. The molecule has 5 nitrogen and oxygen atoms in total. The molecule has 0 aliphatic carbocycles. The van der Waals surface area contributed by atoms with E-state index in [0.29, 0.717) is 12.4 Å². The number of carbonyl (C=O) groups excluding carboxylic acids is 1. The monoisotopic (exact) mass is 373 g/mol. The maximum atomic E-state index is 12.8. The summed E-state index contributed by atoms with van der Waals surface area (Å²) in [5.74, 6) is 0.639. The molecule has 1 N–H and O–H groups in total. The van der Waals surface area contributed by atoms with E-state index in [1.165, 1.54) is 0 Å². The van der Waals surface area contributed by atoms with Crippen molar-refractivity contribution in [3.05, 3.63) is 47.2 Å². The maximum absolute atomic E-state index is 12.8. The van der Waals surface area contributed by atoms with Gasteiger partial charge >= 0.3 is 0 Å². The first-order valence-electron chi connectivity index (χ1n) is 9.85. The first kappa shape index (κ1) is 19.9. The van der Waals surface area contributed by atoms with Gasteiger partial charge in [-0.15, -0.1) is 0 Å². The second kappa shape index (κ2) is 8.44. The second-order valence-corrected chi connectivity index (χ2v) is 8.57. The highest BCUT2D eigenvalue weighted by Crippen LogP contribution is 2.37. The predicted octanol–water partition coefficient (Wildman–Crippen LogP) is 3.61. The van der Waals surface area contributed by atoms with Crippen molar-refractivity contribution in [3.63, 3.8) is 0 Å². The van der Waals surface area contributed by atoms with Crippen LogP contribution in [0.4, 0.5) is 0 Å². The van der Waals surface area contributed by atoms with E-state index in [1.54, 1.807) is 0 Å². The van der Waals surface area contributed by atoms with E-state index < -0.39 is 6.29 Å². The number of allylic oxidation sites excluding steroid dienone is 1. The molecule has 0 radical (unpaired) electrons. The van der Waals surface area contributed by atoms with Crippen LogP contribution < -0.4 is 0 Å². The van der Waals surface area contributed by atoms with Crippen LogP contribution in [0.3, 0.4) is 0 Å². The van der Waals surface area contributed by atoms with E-state index >= 15 is 0 Å². The molecule has 2 atom stereocenters. The quantitative estimate of drug-likeness (QED) is 0.857. The van der Waals surface area contributed by atoms with Crippen LogP contribution in [0.1, 0.15) is 51.2 Å². The highest BCUT2D eigenvalue weighted by atomic mass is 16.7. The summed E-state index contributed by atoms with van der Waals surface area (Å²) in [5.41, 5.74) is 1.93. The lowest BCUT2D eigenvalue weighted by atomic mass is 9.77. The number of likely N-dealkylation sites (tertiary alicyclic amines) is 1. The lowest BCUT2D eigenvalue weighted by Crippen LogP contribution is -2.37. The van der Waals surface area contributed by atoms with Crippen molar-refractivity contribution in [2.45, 2.75) is 59.5 Å². The smallest absolute Gasteiger partial charge is 0.288 e. The van der Waals surface area contributed by atoms with Crippen LogP contribution in [0.5, 0.6) is 0 Å². The van der Waals surface area contributed by atoms with Crippen LogP contribution in [-0.4, -0.2) is 35.3 Å². The summed E-state index contributed by atoms with van der Waals surface area (Å²) < 4.78 is 12.0. The summed E-state index contributed by atoms with van der Waals surface area (Å²) in [6.07, 6.45) is 4.42. The Morgan fingerprint density at radius 1 is 1.19 bits per heavy atom. The molecule has 0 saturated carbocycles. The molecule has 2 aliphatic heterocycles. The number of benzene rings is 1. The zero-order valence-corrected chi connectivity index (χ0v) is 16.6. The molecule has 1 saturated heterocycles. The number of carbonyl (C=O) groups is 1. The summed E-state index contributed by atoms with van der Waals surface area (Å²) in [5, 5.41) is 9.15. The van der Waals surface area contributed by atoms with Gasteiger partial charge in [-0.3, -0.25) is 4.79 Å². The normalized spacial score (nSPS) is 23.1. The first-order chi connectivity index (χ1) is 12.9. The third-order valence-corrected chi connectivity index (χ3v) is 5.42. The summed E-state index contributed by atoms with van der Waals surface area (Å²) in [4.78, 5) is 14.7. The molecule has 3 rings (SSSR count). The standard InChI is InChI=1S/C22H31NO4/c1-22(2,3)18-12-19(21(25)23-10-4-5-11-23)27-20(13-18)26-15-17-8-6-16(14-24)7-9-17/h6-9,12,18,20,24H,4-5,10-11,13-15H2,1-3H3/t18-,20+/m1/s1. The number of ether oxygens (including phenoxy) is 2. The average molecular weight is 373 g/mol. The molecule has 1 amide bonds. The fraction of sp³-hybridized carbons (Fsp3) is 0.591. The van der Waals surface area contributed by atoms with Crippen LogP contribution in [0, 0.1) is 11.3 Å². The average Bonchev–Trinajstić information content (AvgIpc) is 3.20. The van der Waals surface area contributed by atoms with Gasteiger partial charge in [0.1, 0.15) is 0 Å². The van der Waals surface area contributed by atoms with E-state index in [4.69, 9.17) is 14.6 Å². The zero-order valence-electron chi connectivity index (χ0n) is 16.6. The van der Waals surface area contributed by atoms with Crippen molar-refractivity contribution in [2.24, 2.45) is 11.3 Å². The molecule has 1 aromatic carbocycles. The van der Waals surface area contributed by atoms with E-state index in [2.05, 4.69) is 20.8 Å². The van der Waals surface area contributed by atoms with Crippen molar-refractivity contribution in [3.8, 4) is 0 Å². The lowest BCUT2D eigenvalue weighted by Gasteiger charge is -2.36. The van der Waals surface area contributed by atoms with Gasteiger partial charge in [0.2, 0.25) is 6.29 Å². The van der Waals surface area contributed by atoms with Gasteiger partial charge in [-0.1, -0.05) is 45.0 Å². The minimum Gasteiger partial charge on any atom is -0.459 e. The highest BCUT2D eigenvalue weighted by molar-refractivity contribution is 5.91. The molecule has 27 heavy (non-hydrogen) atoms. The van der Waals surface area contributed by atoms with Gasteiger partial charge in [0.25, 0.3) is 5.91 Å². The van der Waals surface area contributed by atoms with Crippen molar-refractivity contribution in [1.82, 2.24) is 4.90 Å². The first-order valence-corrected chi connectivity index (χ1v) is 9.85. The minimum atomic E-state index is -0.432. The van der Waals surface area contributed by atoms with Gasteiger partial charge in [0.05, 0.1) is 13.2 Å². The third kappa shape index (κ3) is 5.11. The van der Waals surface area contributed by atoms with Gasteiger partial charge in [-0.2, -0.15) is 0 Å². The Hall–Kier alpha value is -1.85. The van der Waals surface area contributed by atoms with Crippen LogP contribution in [-0.2, 0) is 27.5 Å². The molecule has 0 spiro atoms. The van der Waals surface area contributed by atoms with Gasteiger partial charge in [-0.25, -0.2) is 0 Å². The van der Waals surface area contributed by atoms with Crippen molar-refractivity contribution in [2.75, 3.05) is 13.1 Å². The number of amides is 1. The number of hydrogen-bond acceptors (Lipinski definition) is 4. The number of rotatable bonds is 5. The Bertz CT molecular complexity index is 669. The fourth-order valence-electron chi connectivity index (χ4n) is 3.52. The van der Waals surface area contributed by atoms with Crippen molar-refractivity contribution >= 4 is 5.91 Å². The molecule has 2 aliphatic rings. The summed E-state index contributed by atoms with van der Waals surface area (Å²) in [6.45, 7) is 8.61. The second-order valence-electron chi connectivity index (χ2n) is 8.57. The molecule has 5 heteroatoms. The van der Waals surface area contributed by atoms with Crippen molar-refractivity contribution < 1.29 is 19.4 Å². The SMILES string of the molecule is CC(C)(C)[C@@H]1C=C(C(=O)N2CCCC2)O[C@H](OCc2ccc(CO)cc2)C1. The Balaban J connectivity index is 1.67. The van der Waals surface area contributed by atoms with E-state index in [9.17, 15) is 4.79 Å². The maximum Gasteiger partial charge on any atom is 0.288 e. The molecule has 1 fully saturated rings. The van der Waals surface area contributed by atoms with E-state index in [-0.39, 0.29) is 23.8 Å².